The molecule has 90 valence electrons. The number of nitrogen functional groups attached to an aromatic ring is 1. The average Bonchev–Trinajstić information content (AvgIpc) is 2.63. The van der Waals surface area contributed by atoms with Crippen LogP contribution in [-0.4, -0.2) is 16.4 Å². The second-order valence-electron chi connectivity index (χ2n) is 3.62. The number of benzene rings is 1. The van der Waals surface area contributed by atoms with Gasteiger partial charge in [-0.15, -0.1) is 0 Å². The third-order valence-electron chi connectivity index (χ3n) is 2.13. The molecule has 17 heavy (non-hydrogen) atoms. The first kappa shape index (κ1) is 11.9. The highest BCUT2D eigenvalue weighted by Gasteiger charge is 2.03. The third kappa shape index (κ3) is 3.17. The molecule has 0 unspecified atom stereocenters. The summed E-state index contributed by atoms with van der Waals surface area (Å²) in [6, 6.07) is 5.74. The van der Waals surface area contributed by atoms with Gasteiger partial charge in [-0.05, 0) is 19.1 Å². The van der Waals surface area contributed by atoms with Crippen LogP contribution in [0.1, 0.15) is 6.92 Å². The molecule has 2 N–H and O–H groups in total. The highest BCUT2D eigenvalue weighted by atomic mass is 32.2. The van der Waals surface area contributed by atoms with Gasteiger partial charge in [0.25, 0.3) is 0 Å². The molecule has 0 saturated carbocycles. The van der Waals surface area contributed by atoms with Crippen molar-refractivity contribution in [3.05, 3.63) is 30.6 Å². The van der Waals surface area contributed by atoms with Crippen molar-refractivity contribution in [1.29, 1.82) is 0 Å². The summed E-state index contributed by atoms with van der Waals surface area (Å²) >= 11 is 1.62. The number of nitrogens with zero attached hydrogens (tertiary/aromatic N) is 2. The van der Waals surface area contributed by atoms with Crippen LogP contribution in [0.4, 0.5) is 5.69 Å². The van der Waals surface area contributed by atoms with Crippen LogP contribution in [0, 0.1) is 0 Å². The van der Waals surface area contributed by atoms with Crippen molar-refractivity contribution in [3.63, 3.8) is 0 Å². The number of nitrogens with two attached hydrogens (primary N) is 1. The van der Waals surface area contributed by atoms with Gasteiger partial charge in [-0.3, -0.25) is 4.68 Å². The van der Waals surface area contributed by atoms with Crippen molar-refractivity contribution in [2.75, 3.05) is 12.3 Å². The number of aryl methyl sites for hydroxylation is 1. The Hall–Kier alpha value is -1.62. The van der Waals surface area contributed by atoms with Crippen LogP contribution >= 0.6 is 11.8 Å². The van der Waals surface area contributed by atoms with Gasteiger partial charge in [-0.2, -0.15) is 5.10 Å². The lowest BCUT2D eigenvalue weighted by Gasteiger charge is -2.06. The number of rotatable bonds is 4. The lowest BCUT2D eigenvalue weighted by molar-refractivity contribution is 0.339. The summed E-state index contributed by atoms with van der Waals surface area (Å²) in [5, 5.41) is 4.13. The Morgan fingerprint density at radius 3 is 2.82 bits per heavy atom. The van der Waals surface area contributed by atoms with E-state index in [2.05, 4.69) is 5.10 Å². The van der Waals surface area contributed by atoms with Gasteiger partial charge < -0.3 is 10.5 Å². The van der Waals surface area contributed by atoms with Crippen LogP contribution < -0.4 is 10.5 Å². The predicted molar refractivity (Wildman–Crippen MR) is 69.4 cm³/mol. The van der Waals surface area contributed by atoms with Crippen molar-refractivity contribution in [3.8, 4) is 5.75 Å². The van der Waals surface area contributed by atoms with Gasteiger partial charge in [0, 0.05) is 29.9 Å². The van der Waals surface area contributed by atoms with E-state index in [0.717, 1.165) is 15.5 Å². The Morgan fingerprint density at radius 2 is 2.18 bits per heavy atom. The molecule has 0 radical (unpaired) electrons. The second kappa shape index (κ2) is 5.14. The molecule has 4 nitrogen and oxygen atoms in total. The van der Waals surface area contributed by atoms with Crippen LogP contribution in [0.25, 0.3) is 0 Å². The average molecular weight is 249 g/mol. The SMILES string of the molecule is CCOc1cc(N)cc(Sc2cnn(C)c2)c1. The third-order valence-corrected chi connectivity index (χ3v) is 3.05. The fraction of sp³-hybridized carbons (Fsp3) is 0.250. The van der Waals surface area contributed by atoms with Gasteiger partial charge in [0.05, 0.1) is 17.7 Å². The maximum atomic E-state index is 5.83. The van der Waals surface area contributed by atoms with Gasteiger partial charge >= 0.3 is 0 Å². The zero-order valence-electron chi connectivity index (χ0n) is 9.88. The van der Waals surface area contributed by atoms with Crippen molar-refractivity contribution in [2.45, 2.75) is 16.7 Å². The largest absolute Gasteiger partial charge is 0.494 e. The molecule has 0 aliphatic rings. The Balaban J connectivity index is 2.20. The topological polar surface area (TPSA) is 53.1 Å². The monoisotopic (exact) mass is 249 g/mol. The zero-order valence-corrected chi connectivity index (χ0v) is 10.7. The van der Waals surface area contributed by atoms with Crippen LogP contribution in [0.15, 0.2) is 40.4 Å². The Kier molecular flexibility index (Phi) is 3.58. The zero-order chi connectivity index (χ0) is 12.3. The number of aromatic nitrogens is 2. The van der Waals surface area contributed by atoms with Crippen LogP contribution in [-0.2, 0) is 7.05 Å². The maximum Gasteiger partial charge on any atom is 0.122 e. The van der Waals surface area contributed by atoms with Crippen molar-refractivity contribution in [1.82, 2.24) is 9.78 Å². The first-order chi connectivity index (χ1) is 8.17. The fourth-order valence-corrected chi connectivity index (χ4v) is 2.44. The highest BCUT2D eigenvalue weighted by Crippen LogP contribution is 2.31. The highest BCUT2D eigenvalue weighted by molar-refractivity contribution is 7.99. The van der Waals surface area contributed by atoms with Gasteiger partial charge in [-0.1, -0.05) is 11.8 Å². The molecule has 0 bridgehead atoms. The minimum Gasteiger partial charge on any atom is -0.494 e. The molecule has 2 aromatic rings. The second-order valence-corrected chi connectivity index (χ2v) is 4.77. The van der Waals surface area contributed by atoms with Gasteiger partial charge in [-0.25, -0.2) is 0 Å². The summed E-state index contributed by atoms with van der Waals surface area (Å²) in [7, 11) is 1.90. The molecule has 0 amide bonds. The Bertz CT molecular complexity index is 510. The van der Waals surface area contributed by atoms with Gasteiger partial charge in [0.1, 0.15) is 5.75 Å². The lowest BCUT2D eigenvalue weighted by Crippen LogP contribution is -1.93. The summed E-state index contributed by atoms with van der Waals surface area (Å²) in [6.45, 7) is 2.59. The molecule has 0 aliphatic heterocycles. The fourth-order valence-electron chi connectivity index (χ4n) is 1.49. The number of ether oxygens (including phenoxy) is 1. The maximum absolute atomic E-state index is 5.83. The van der Waals surface area contributed by atoms with E-state index >= 15 is 0 Å². The molecule has 0 saturated heterocycles. The minimum absolute atomic E-state index is 0.639. The molecule has 2 rings (SSSR count). The summed E-state index contributed by atoms with van der Waals surface area (Å²) in [6.07, 6.45) is 3.79. The van der Waals surface area contributed by atoms with Crippen molar-refractivity contribution >= 4 is 17.4 Å². The standard InChI is InChI=1S/C12H15N3OS/c1-3-16-10-4-9(13)5-11(6-10)17-12-7-14-15(2)8-12/h4-8H,3,13H2,1-2H3. The van der Waals surface area contributed by atoms with E-state index < -0.39 is 0 Å². The van der Waals surface area contributed by atoms with Gasteiger partial charge in [0.2, 0.25) is 0 Å². The molecule has 1 heterocycles. The van der Waals surface area contributed by atoms with Crippen LogP contribution in [0.3, 0.4) is 0 Å². The van der Waals surface area contributed by atoms with E-state index in [9.17, 15) is 0 Å². The molecule has 0 fully saturated rings. The molecular weight excluding hydrogens is 234 g/mol. The van der Waals surface area contributed by atoms with Crippen LogP contribution in [0.2, 0.25) is 0 Å². The van der Waals surface area contributed by atoms with Gasteiger partial charge in [0.15, 0.2) is 0 Å². The molecule has 5 heteroatoms. The van der Waals surface area contributed by atoms with E-state index in [1.807, 2.05) is 44.6 Å². The Labute approximate surface area is 105 Å². The van der Waals surface area contributed by atoms with E-state index in [4.69, 9.17) is 10.5 Å². The van der Waals surface area contributed by atoms with E-state index in [-0.39, 0.29) is 0 Å². The molecule has 1 aromatic heterocycles. The summed E-state index contributed by atoms with van der Waals surface area (Å²) in [5.74, 6) is 0.805. The number of hydrogen-bond acceptors (Lipinski definition) is 4. The smallest absolute Gasteiger partial charge is 0.122 e. The first-order valence-corrected chi connectivity index (χ1v) is 6.19. The van der Waals surface area contributed by atoms with E-state index in [0.29, 0.717) is 12.3 Å². The van der Waals surface area contributed by atoms with Crippen molar-refractivity contribution < 1.29 is 4.74 Å². The number of anilines is 1. The summed E-state index contributed by atoms with van der Waals surface area (Å²) in [4.78, 5) is 2.14. The Morgan fingerprint density at radius 1 is 1.35 bits per heavy atom. The van der Waals surface area contributed by atoms with E-state index in [1.165, 1.54) is 0 Å². The quantitative estimate of drug-likeness (QED) is 0.846. The van der Waals surface area contributed by atoms with Crippen LogP contribution in [0.5, 0.6) is 5.75 Å². The lowest BCUT2D eigenvalue weighted by atomic mass is 10.3. The molecular formula is C12H15N3OS. The molecule has 1 aromatic carbocycles. The number of hydrogen-bond donors (Lipinski definition) is 1. The van der Waals surface area contributed by atoms with E-state index in [1.54, 1.807) is 16.4 Å². The molecule has 0 aliphatic carbocycles. The summed E-state index contributed by atoms with van der Waals surface area (Å²) in [5.41, 5.74) is 6.54. The van der Waals surface area contributed by atoms with Crippen molar-refractivity contribution in [2.24, 2.45) is 7.05 Å². The predicted octanol–water partition coefficient (Wildman–Crippen LogP) is 2.55. The molecule has 0 atom stereocenters. The summed E-state index contributed by atoms with van der Waals surface area (Å²) < 4.78 is 7.23. The normalized spacial score (nSPS) is 10.5. The molecule has 0 spiro atoms. The first-order valence-electron chi connectivity index (χ1n) is 5.37. The minimum atomic E-state index is 0.639.